The molecule has 0 aliphatic heterocycles. The number of carbonyl (C=O) groups is 2. The molecular weight excluding hydrogens is 292 g/mol. The van der Waals surface area contributed by atoms with E-state index in [0.29, 0.717) is 6.07 Å². The number of rotatable bonds is 6. The first-order valence-corrected chi connectivity index (χ1v) is 6.47. The number of hydrogen-bond acceptors (Lipinski definition) is 3. The van der Waals surface area contributed by atoms with E-state index in [-0.39, 0.29) is 24.5 Å². The molecule has 1 atom stereocenters. The van der Waals surface area contributed by atoms with Gasteiger partial charge in [0.1, 0.15) is 17.5 Å². The first kappa shape index (κ1) is 16.4. The Bertz CT molecular complexity index is 497. The van der Waals surface area contributed by atoms with Gasteiger partial charge in [-0.3, -0.25) is 9.59 Å². The van der Waals surface area contributed by atoms with Crippen LogP contribution in [0, 0.1) is 11.6 Å². The van der Waals surface area contributed by atoms with Crippen molar-refractivity contribution in [3.63, 3.8) is 0 Å². The maximum absolute atomic E-state index is 13.7. The molecule has 0 aliphatic rings. The Hall–Kier alpha value is -1.69. The van der Waals surface area contributed by atoms with E-state index in [0.717, 1.165) is 6.07 Å². The van der Waals surface area contributed by atoms with Crippen LogP contribution in [0.1, 0.15) is 24.9 Å². The molecule has 110 valence electrons. The first-order valence-electron chi connectivity index (χ1n) is 5.93. The second kappa shape index (κ2) is 7.79. The molecule has 4 nitrogen and oxygen atoms in total. The summed E-state index contributed by atoms with van der Waals surface area (Å²) in [5.41, 5.74) is -0.00193. The molecule has 1 aromatic rings. The number of halogens is 3. The fourth-order valence-corrected chi connectivity index (χ4v) is 1.72. The Morgan fingerprint density at radius 3 is 2.65 bits per heavy atom. The van der Waals surface area contributed by atoms with E-state index in [1.807, 2.05) is 0 Å². The van der Waals surface area contributed by atoms with Crippen LogP contribution in [0.4, 0.5) is 8.78 Å². The molecule has 0 bridgehead atoms. The van der Waals surface area contributed by atoms with E-state index in [1.165, 1.54) is 6.07 Å². The van der Waals surface area contributed by atoms with Gasteiger partial charge in [0.15, 0.2) is 0 Å². The summed E-state index contributed by atoms with van der Waals surface area (Å²) in [6, 6.07) is 1.94. The van der Waals surface area contributed by atoms with Crippen LogP contribution in [0.25, 0.3) is 0 Å². The number of carbonyl (C=O) groups excluding carboxylic acids is 2. The number of ether oxygens (including phenoxy) is 1. The van der Waals surface area contributed by atoms with Gasteiger partial charge in [-0.05, 0) is 13.0 Å². The first-order chi connectivity index (χ1) is 9.47. The maximum atomic E-state index is 13.7. The van der Waals surface area contributed by atoms with E-state index >= 15 is 0 Å². The number of amides is 1. The number of nitrogens with one attached hydrogen (secondary N) is 1. The molecule has 0 saturated carbocycles. The van der Waals surface area contributed by atoms with Crippen LogP contribution in [0.2, 0.25) is 0 Å². The second-order valence-electron chi connectivity index (χ2n) is 3.93. The molecule has 0 saturated heterocycles. The summed E-state index contributed by atoms with van der Waals surface area (Å²) >= 11 is 5.36. The largest absolute Gasteiger partial charge is 0.466 e. The predicted octanol–water partition coefficient (Wildman–Crippen LogP) is 2.31. The Balaban J connectivity index is 2.96. The quantitative estimate of drug-likeness (QED) is 0.648. The molecule has 0 heterocycles. The highest BCUT2D eigenvalue weighted by molar-refractivity contribution is 6.27. The monoisotopic (exact) mass is 305 g/mol. The van der Waals surface area contributed by atoms with Crippen LogP contribution in [-0.2, 0) is 14.3 Å². The van der Waals surface area contributed by atoms with Crippen molar-refractivity contribution in [2.45, 2.75) is 19.4 Å². The van der Waals surface area contributed by atoms with Gasteiger partial charge in [0.25, 0.3) is 0 Å². The van der Waals surface area contributed by atoms with Crippen molar-refractivity contribution >= 4 is 23.5 Å². The summed E-state index contributed by atoms with van der Waals surface area (Å²) in [6.45, 7) is 1.80. The average Bonchev–Trinajstić information content (AvgIpc) is 2.38. The lowest BCUT2D eigenvalue weighted by Crippen LogP contribution is -2.32. The standard InChI is InChI=1S/C13H14ClF2NO3/c1-2-20-13(19)6-11(17-12(18)7-14)9-4-3-8(15)5-10(9)16/h3-5,11H,2,6-7H2,1H3,(H,17,18). The van der Waals surface area contributed by atoms with Crippen molar-refractivity contribution in [3.05, 3.63) is 35.4 Å². The van der Waals surface area contributed by atoms with Crippen molar-refractivity contribution in [3.8, 4) is 0 Å². The highest BCUT2D eigenvalue weighted by Gasteiger charge is 2.22. The summed E-state index contributed by atoms with van der Waals surface area (Å²) < 4.78 is 31.4. The fourth-order valence-electron chi connectivity index (χ4n) is 1.64. The highest BCUT2D eigenvalue weighted by Crippen LogP contribution is 2.21. The molecule has 20 heavy (non-hydrogen) atoms. The third-order valence-corrected chi connectivity index (χ3v) is 2.71. The summed E-state index contributed by atoms with van der Waals surface area (Å²) in [5.74, 6) is -3.10. The molecule has 1 aromatic carbocycles. The number of benzene rings is 1. The second-order valence-corrected chi connectivity index (χ2v) is 4.20. The summed E-state index contributed by atoms with van der Waals surface area (Å²) in [6.07, 6.45) is -0.265. The van der Waals surface area contributed by atoms with Crippen LogP contribution in [0.5, 0.6) is 0 Å². The van der Waals surface area contributed by atoms with Crippen molar-refractivity contribution in [2.75, 3.05) is 12.5 Å². The van der Waals surface area contributed by atoms with Gasteiger partial charge in [-0.15, -0.1) is 11.6 Å². The van der Waals surface area contributed by atoms with E-state index < -0.39 is 29.6 Å². The van der Waals surface area contributed by atoms with E-state index in [1.54, 1.807) is 6.92 Å². The Morgan fingerprint density at radius 2 is 2.10 bits per heavy atom. The Labute approximate surface area is 120 Å². The zero-order valence-electron chi connectivity index (χ0n) is 10.8. The third-order valence-electron chi connectivity index (χ3n) is 2.47. The smallest absolute Gasteiger partial charge is 0.308 e. The summed E-state index contributed by atoms with van der Waals surface area (Å²) in [4.78, 5) is 22.8. The van der Waals surface area contributed by atoms with Gasteiger partial charge in [0.05, 0.1) is 19.1 Å². The van der Waals surface area contributed by atoms with Gasteiger partial charge in [-0.1, -0.05) is 6.07 Å². The number of esters is 1. The predicted molar refractivity (Wildman–Crippen MR) is 69.2 cm³/mol. The molecule has 1 rings (SSSR count). The lowest BCUT2D eigenvalue weighted by atomic mass is 10.0. The number of alkyl halides is 1. The van der Waals surface area contributed by atoms with Gasteiger partial charge < -0.3 is 10.1 Å². The number of hydrogen-bond donors (Lipinski definition) is 1. The normalized spacial score (nSPS) is 11.8. The maximum Gasteiger partial charge on any atom is 0.308 e. The van der Waals surface area contributed by atoms with Crippen molar-refractivity contribution < 1.29 is 23.1 Å². The lowest BCUT2D eigenvalue weighted by molar-refractivity contribution is -0.143. The van der Waals surface area contributed by atoms with E-state index in [9.17, 15) is 18.4 Å². The van der Waals surface area contributed by atoms with Crippen LogP contribution in [0.15, 0.2) is 18.2 Å². The van der Waals surface area contributed by atoms with Gasteiger partial charge >= 0.3 is 5.97 Å². The molecule has 7 heteroatoms. The molecule has 0 aliphatic carbocycles. The van der Waals surface area contributed by atoms with Crippen LogP contribution >= 0.6 is 11.6 Å². The third kappa shape index (κ3) is 4.77. The van der Waals surface area contributed by atoms with Crippen molar-refractivity contribution in [1.29, 1.82) is 0 Å². The zero-order valence-corrected chi connectivity index (χ0v) is 11.5. The SMILES string of the molecule is CCOC(=O)CC(NC(=O)CCl)c1ccc(F)cc1F. The lowest BCUT2D eigenvalue weighted by Gasteiger charge is -2.18. The molecule has 1 N–H and O–H groups in total. The molecular formula is C13H14ClF2NO3. The molecule has 1 unspecified atom stereocenters. The zero-order chi connectivity index (χ0) is 15.1. The minimum atomic E-state index is -0.958. The summed E-state index contributed by atoms with van der Waals surface area (Å²) in [7, 11) is 0. The highest BCUT2D eigenvalue weighted by atomic mass is 35.5. The molecule has 0 aromatic heterocycles. The van der Waals surface area contributed by atoms with Gasteiger partial charge in [0.2, 0.25) is 5.91 Å². The minimum Gasteiger partial charge on any atom is -0.466 e. The van der Waals surface area contributed by atoms with Crippen LogP contribution < -0.4 is 5.32 Å². The molecule has 0 radical (unpaired) electrons. The topological polar surface area (TPSA) is 55.4 Å². The van der Waals surface area contributed by atoms with Gasteiger partial charge in [-0.25, -0.2) is 8.78 Å². The van der Waals surface area contributed by atoms with Crippen LogP contribution in [-0.4, -0.2) is 24.4 Å². The molecule has 0 fully saturated rings. The molecule has 1 amide bonds. The van der Waals surface area contributed by atoms with Crippen molar-refractivity contribution in [2.24, 2.45) is 0 Å². The Morgan fingerprint density at radius 1 is 1.40 bits per heavy atom. The summed E-state index contributed by atoms with van der Waals surface area (Å²) in [5, 5.41) is 2.40. The van der Waals surface area contributed by atoms with Crippen molar-refractivity contribution in [1.82, 2.24) is 5.32 Å². The fraction of sp³-hybridized carbons (Fsp3) is 0.385. The van der Waals surface area contributed by atoms with E-state index in [4.69, 9.17) is 16.3 Å². The van der Waals surface area contributed by atoms with Gasteiger partial charge in [0, 0.05) is 11.6 Å². The van der Waals surface area contributed by atoms with Crippen LogP contribution in [0.3, 0.4) is 0 Å². The minimum absolute atomic E-state index is 0.00193. The Kier molecular flexibility index (Phi) is 6.38. The van der Waals surface area contributed by atoms with E-state index in [2.05, 4.69) is 5.32 Å². The average molecular weight is 306 g/mol. The van der Waals surface area contributed by atoms with Gasteiger partial charge in [-0.2, -0.15) is 0 Å². The molecule has 0 spiro atoms.